The molecule has 1 aliphatic rings. The van der Waals surface area contributed by atoms with Crippen LogP contribution < -0.4 is 5.32 Å². The van der Waals surface area contributed by atoms with Crippen LogP contribution in [0.3, 0.4) is 0 Å². The van der Waals surface area contributed by atoms with E-state index in [0.717, 1.165) is 30.4 Å². The molecule has 0 saturated carbocycles. The fourth-order valence-electron chi connectivity index (χ4n) is 4.22. The number of rotatable bonds is 7. The number of aliphatic hydroxyl groups excluding tert-OH is 1. The normalized spacial score (nSPS) is 18.9. The van der Waals surface area contributed by atoms with Gasteiger partial charge >= 0.3 is 0 Å². The number of benzene rings is 1. The second-order valence-electron chi connectivity index (χ2n) is 8.61. The zero-order chi connectivity index (χ0) is 23.5. The molecule has 1 aliphatic heterocycles. The molecule has 0 unspecified atom stereocenters. The molecule has 8 nitrogen and oxygen atoms in total. The number of aryl methyl sites for hydroxylation is 1. The van der Waals surface area contributed by atoms with Crippen LogP contribution in [-0.2, 0) is 13.0 Å². The number of carbonyl (C=O) groups is 1. The van der Waals surface area contributed by atoms with Crippen LogP contribution in [0.5, 0.6) is 5.75 Å². The van der Waals surface area contributed by atoms with Gasteiger partial charge in [0.15, 0.2) is 5.75 Å². The molecule has 174 valence electrons. The molecule has 2 aromatic heterocycles. The summed E-state index contributed by atoms with van der Waals surface area (Å²) in [6.07, 6.45) is 3.62. The average Bonchev–Trinajstić information content (AvgIpc) is 3.41. The highest BCUT2D eigenvalue weighted by atomic mass is 35.5. The maximum atomic E-state index is 12.7. The third-order valence-corrected chi connectivity index (χ3v) is 6.38. The highest BCUT2D eigenvalue weighted by Gasteiger charge is 2.30. The minimum atomic E-state index is -0.631. The number of hydrogen-bond acceptors (Lipinski definition) is 6. The van der Waals surface area contributed by atoms with Gasteiger partial charge in [0.2, 0.25) is 0 Å². The molecule has 0 radical (unpaired) electrons. The molecule has 3 atom stereocenters. The van der Waals surface area contributed by atoms with Gasteiger partial charge in [-0.25, -0.2) is 4.98 Å². The largest absolute Gasteiger partial charge is 0.504 e. The molecule has 1 fully saturated rings. The molecule has 9 heteroatoms. The van der Waals surface area contributed by atoms with E-state index in [9.17, 15) is 15.0 Å². The van der Waals surface area contributed by atoms with Crippen molar-refractivity contribution in [1.82, 2.24) is 25.4 Å². The van der Waals surface area contributed by atoms with Gasteiger partial charge in [-0.3, -0.25) is 9.89 Å². The van der Waals surface area contributed by atoms with E-state index in [-0.39, 0.29) is 30.3 Å². The SMILES string of the molecule is Cc1[nH]nc(CN(C)C(=O)c2ccc(C[C@@H]3CC[C@H]([C@H](O)c4ccc(Cl)nc4)N3)cc2)c1O. The van der Waals surface area contributed by atoms with Crippen molar-refractivity contribution in [3.05, 3.63) is 75.8 Å². The van der Waals surface area contributed by atoms with Crippen LogP contribution in [0.4, 0.5) is 0 Å². The molecule has 4 rings (SSSR count). The van der Waals surface area contributed by atoms with E-state index < -0.39 is 6.10 Å². The van der Waals surface area contributed by atoms with Gasteiger partial charge in [0, 0.05) is 36.5 Å². The Hall–Kier alpha value is -2.94. The molecule has 33 heavy (non-hydrogen) atoms. The Balaban J connectivity index is 1.31. The van der Waals surface area contributed by atoms with Gasteiger partial charge in [-0.05, 0) is 49.9 Å². The van der Waals surface area contributed by atoms with Crippen molar-refractivity contribution in [2.75, 3.05) is 7.05 Å². The molecule has 1 aromatic carbocycles. The number of carbonyl (C=O) groups excluding carboxylic acids is 1. The molecule has 3 heterocycles. The summed E-state index contributed by atoms with van der Waals surface area (Å²) in [5.41, 5.74) is 3.48. The summed E-state index contributed by atoms with van der Waals surface area (Å²) < 4.78 is 0. The number of nitrogens with zero attached hydrogens (tertiary/aromatic N) is 3. The lowest BCUT2D eigenvalue weighted by molar-refractivity contribution is 0.0782. The molecular formula is C24H28ClN5O3. The predicted molar refractivity (Wildman–Crippen MR) is 125 cm³/mol. The predicted octanol–water partition coefficient (Wildman–Crippen LogP) is 3.14. The van der Waals surface area contributed by atoms with Gasteiger partial charge in [0.1, 0.15) is 10.8 Å². The van der Waals surface area contributed by atoms with Crippen molar-refractivity contribution in [3.8, 4) is 5.75 Å². The van der Waals surface area contributed by atoms with Crippen molar-refractivity contribution >= 4 is 17.5 Å². The molecular weight excluding hydrogens is 442 g/mol. The standard InChI is InChI=1S/C24H28ClN5O3/c1-14-22(31)20(29-28-14)13-30(2)24(33)16-5-3-15(4-6-16)11-18-8-9-19(27-18)23(32)17-7-10-21(25)26-12-17/h3-7,10,12,18-19,23,27,31-32H,8-9,11,13H2,1-2H3,(H,28,29)/t18-,19+,23+/m0/s1. The maximum absolute atomic E-state index is 12.7. The van der Waals surface area contributed by atoms with Gasteiger partial charge in [0.05, 0.1) is 18.3 Å². The maximum Gasteiger partial charge on any atom is 0.253 e. The van der Waals surface area contributed by atoms with E-state index in [2.05, 4.69) is 20.5 Å². The van der Waals surface area contributed by atoms with E-state index in [1.165, 1.54) is 4.90 Å². The number of aliphatic hydroxyl groups is 1. The molecule has 0 spiro atoms. The molecule has 1 saturated heterocycles. The first kappa shape index (κ1) is 23.2. The summed E-state index contributed by atoms with van der Waals surface area (Å²) in [7, 11) is 1.68. The van der Waals surface area contributed by atoms with Crippen LogP contribution >= 0.6 is 11.6 Å². The Bertz CT molecular complexity index is 1100. The van der Waals surface area contributed by atoms with Crippen molar-refractivity contribution < 1.29 is 15.0 Å². The first-order chi connectivity index (χ1) is 15.8. The number of amides is 1. The lowest BCUT2D eigenvalue weighted by atomic mass is 10.0. The summed E-state index contributed by atoms with van der Waals surface area (Å²) in [6.45, 7) is 1.94. The zero-order valence-electron chi connectivity index (χ0n) is 18.6. The third kappa shape index (κ3) is 5.35. The number of nitrogens with one attached hydrogen (secondary N) is 2. The Kier molecular flexibility index (Phi) is 6.97. The molecule has 1 amide bonds. The first-order valence-corrected chi connectivity index (χ1v) is 11.3. The number of halogens is 1. The lowest BCUT2D eigenvalue weighted by Crippen LogP contribution is -2.35. The number of pyridine rings is 1. The van der Waals surface area contributed by atoms with Gasteiger partial charge in [-0.15, -0.1) is 0 Å². The highest BCUT2D eigenvalue weighted by molar-refractivity contribution is 6.29. The number of aromatic hydroxyl groups is 1. The van der Waals surface area contributed by atoms with Crippen LogP contribution in [0.1, 0.15) is 51.8 Å². The topological polar surface area (TPSA) is 114 Å². The zero-order valence-corrected chi connectivity index (χ0v) is 19.4. The Morgan fingerprint density at radius 1 is 1.24 bits per heavy atom. The summed E-state index contributed by atoms with van der Waals surface area (Å²) in [5.74, 6) is -0.0508. The average molecular weight is 470 g/mol. The van der Waals surface area contributed by atoms with E-state index in [4.69, 9.17) is 11.6 Å². The molecule has 4 N–H and O–H groups in total. The Morgan fingerprint density at radius 2 is 2.00 bits per heavy atom. The van der Waals surface area contributed by atoms with Crippen LogP contribution in [0, 0.1) is 6.92 Å². The number of hydrogen-bond donors (Lipinski definition) is 4. The van der Waals surface area contributed by atoms with Gasteiger partial charge in [0.25, 0.3) is 5.91 Å². The second kappa shape index (κ2) is 9.91. The van der Waals surface area contributed by atoms with E-state index >= 15 is 0 Å². The molecule has 0 bridgehead atoms. The summed E-state index contributed by atoms with van der Waals surface area (Å²) in [4.78, 5) is 18.3. The minimum absolute atomic E-state index is 0.0328. The van der Waals surface area contributed by atoms with Gasteiger partial charge in [-0.1, -0.05) is 29.8 Å². The van der Waals surface area contributed by atoms with Crippen molar-refractivity contribution in [1.29, 1.82) is 0 Å². The number of aromatic nitrogens is 3. The van der Waals surface area contributed by atoms with Crippen molar-refractivity contribution in [3.63, 3.8) is 0 Å². The van der Waals surface area contributed by atoms with Gasteiger partial charge < -0.3 is 20.4 Å². The smallest absolute Gasteiger partial charge is 0.253 e. The number of H-pyrrole nitrogens is 1. The minimum Gasteiger partial charge on any atom is -0.504 e. The fourth-order valence-corrected chi connectivity index (χ4v) is 4.34. The van der Waals surface area contributed by atoms with Crippen LogP contribution in [0.2, 0.25) is 5.15 Å². The van der Waals surface area contributed by atoms with E-state index in [1.807, 2.05) is 24.3 Å². The Morgan fingerprint density at radius 3 is 2.64 bits per heavy atom. The van der Waals surface area contributed by atoms with Crippen LogP contribution in [-0.4, -0.2) is 55.3 Å². The van der Waals surface area contributed by atoms with E-state index in [1.54, 1.807) is 32.3 Å². The van der Waals surface area contributed by atoms with Crippen molar-refractivity contribution in [2.24, 2.45) is 0 Å². The van der Waals surface area contributed by atoms with Crippen LogP contribution in [0.25, 0.3) is 0 Å². The second-order valence-corrected chi connectivity index (χ2v) is 9.00. The number of aromatic amines is 1. The quantitative estimate of drug-likeness (QED) is 0.395. The fraction of sp³-hybridized carbons (Fsp3) is 0.375. The Labute approximate surface area is 197 Å². The summed E-state index contributed by atoms with van der Waals surface area (Å²) in [6, 6.07) is 11.3. The van der Waals surface area contributed by atoms with E-state index in [0.29, 0.717) is 22.1 Å². The molecule has 3 aromatic rings. The van der Waals surface area contributed by atoms with Gasteiger partial charge in [-0.2, -0.15) is 5.10 Å². The van der Waals surface area contributed by atoms with Crippen LogP contribution in [0.15, 0.2) is 42.6 Å². The monoisotopic (exact) mass is 469 g/mol. The third-order valence-electron chi connectivity index (χ3n) is 6.15. The molecule has 0 aliphatic carbocycles. The first-order valence-electron chi connectivity index (χ1n) is 10.9. The van der Waals surface area contributed by atoms with Crippen molar-refractivity contribution in [2.45, 2.75) is 50.9 Å². The summed E-state index contributed by atoms with van der Waals surface area (Å²) >= 11 is 5.83. The lowest BCUT2D eigenvalue weighted by Gasteiger charge is -2.20. The highest BCUT2D eigenvalue weighted by Crippen LogP contribution is 2.27. The summed E-state index contributed by atoms with van der Waals surface area (Å²) in [5, 5.41) is 31.3.